The number of hydrogen-bond acceptors (Lipinski definition) is 2. The molecule has 0 spiro atoms. The van der Waals surface area contributed by atoms with Gasteiger partial charge in [0.15, 0.2) is 0 Å². The number of benzene rings is 2. The largest absolute Gasteiger partial charge is 0.290 e. The van der Waals surface area contributed by atoms with Gasteiger partial charge in [0.1, 0.15) is 0 Å². The second kappa shape index (κ2) is 5.16. The molecule has 2 bridgehead atoms. The van der Waals surface area contributed by atoms with Crippen LogP contribution in [0, 0.1) is 0 Å². The predicted octanol–water partition coefficient (Wildman–Crippen LogP) is 5.01. The molecule has 0 aliphatic heterocycles. The fourth-order valence-corrected chi connectivity index (χ4v) is 4.29. The minimum atomic E-state index is -0.443. The highest BCUT2D eigenvalue weighted by Gasteiger charge is 2.49. The molecule has 26 heavy (non-hydrogen) atoms. The highest BCUT2D eigenvalue weighted by Crippen LogP contribution is 2.50. The van der Waals surface area contributed by atoms with Crippen LogP contribution in [-0.4, -0.2) is 11.6 Å². The maximum absolute atomic E-state index is 12.9. The van der Waals surface area contributed by atoms with Gasteiger partial charge in [-0.15, -0.1) is 0 Å². The van der Waals surface area contributed by atoms with Gasteiger partial charge in [-0.2, -0.15) is 0 Å². The quantitative estimate of drug-likeness (QED) is 0.628. The first-order valence-corrected chi connectivity index (χ1v) is 9.37. The van der Waals surface area contributed by atoms with E-state index in [-0.39, 0.29) is 22.4 Å². The number of Topliss-reactive ketones (excluding diaryl/α,β-unsaturated/α-hetero) is 2. The van der Waals surface area contributed by atoms with Gasteiger partial charge in [0.2, 0.25) is 11.6 Å². The molecule has 3 aliphatic rings. The Labute approximate surface area is 155 Å². The summed E-state index contributed by atoms with van der Waals surface area (Å²) in [5, 5.41) is 0. The van der Waals surface area contributed by atoms with Gasteiger partial charge in [0, 0.05) is 0 Å². The highest BCUT2D eigenvalue weighted by atomic mass is 16.2. The normalized spacial score (nSPS) is 21.6. The molecule has 2 heteroatoms. The second-order valence-electron chi connectivity index (χ2n) is 9.78. The molecule has 134 valence electrons. The number of carbonyl (C=O) groups excluding carboxylic acids is 2. The first-order chi connectivity index (χ1) is 12.0. The van der Waals surface area contributed by atoms with Crippen molar-refractivity contribution in [3.8, 4) is 0 Å². The highest BCUT2D eigenvalue weighted by molar-refractivity contribution is 6.45. The van der Waals surface area contributed by atoms with E-state index in [0.29, 0.717) is 0 Å². The van der Waals surface area contributed by atoms with Crippen molar-refractivity contribution in [1.82, 2.24) is 0 Å². The first kappa shape index (κ1) is 17.2. The van der Waals surface area contributed by atoms with Crippen LogP contribution >= 0.6 is 0 Å². The predicted molar refractivity (Wildman–Crippen MR) is 104 cm³/mol. The van der Waals surface area contributed by atoms with E-state index in [1.54, 1.807) is 0 Å². The minimum absolute atomic E-state index is 0.00879. The van der Waals surface area contributed by atoms with Crippen molar-refractivity contribution in [1.29, 1.82) is 0 Å². The maximum Gasteiger partial charge on any atom is 0.211 e. The Hall–Kier alpha value is -2.22. The molecule has 2 aromatic carbocycles. The number of ketones is 2. The van der Waals surface area contributed by atoms with E-state index in [4.69, 9.17) is 0 Å². The van der Waals surface area contributed by atoms with Crippen molar-refractivity contribution >= 4 is 11.6 Å². The van der Waals surface area contributed by atoms with E-state index >= 15 is 0 Å². The van der Waals surface area contributed by atoms with Crippen molar-refractivity contribution in [2.75, 3.05) is 0 Å². The summed E-state index contributed by atoms with van der Waals surface area (Å²) in [6.07, 6.45) is 0. The molecule has 0 radical (unpaired) electrons. The Bertz CT molecular complexity index is 886. The summed E-state index contributed by atoms with van der Waals surface area (Å²) in [5.41, 5.74) is 6.53. The zero-order valence-corrected chi connectivity index (χ0v) is 16.4. The van der Waals surface area contributed by atoms with Gasteiger partial charge in [-0.3, -0.25) is 9.59 Å². The molecule has 2 nitrogen and oxygen atoms in total. The van der Waals surface area contributed by atoms with Crippen LogP contribution < -0.4 is 0 Å². The van der Waals surface area contributed by atoms with Gasteiger partial charge < -0.3 is 0 Å². The van der Waals surface area contributed by atoms with Gasteiger partial charge in [0.05, 0.1) is 11.8 Å². The Morgan fingerprint density at radius 1 is 0.577 bits per heavy atom. The van der Waals surface area contributed by atoms with E-state index in [2.05, 4.69) is 77.9 Å². The summed E-state index contributed by atoms with van der Waals surface area (Å²) in [6.45, 7) is 13.1. The average Bonchev–Trinajstić information content (AvgIpc) is 2.55. The standard InChI is InChI=1S/C24H26O2/c1-23(2,3)13-7-9-15-17(11-13)20-18-12-14(24(4,5)6)8-10-16(18)19(15)21(25)22(20)26/h7-12,19-20H,1-6H3. The number of rotatable bonds is 0. The third kappa shape index (κ3) is 2.31. The number of hydrogen-bond donors (Lipinski definition) is 0. The van der Waals surface area contributed by atoms with E-state index < -0.39 is 11.8 Å². The summed E-state index contributed by atoms with van der Waals surface area (Å²) in [6, 6.07) is 12.7. The molecule has 0 aromatic heterocycles. The zero-order chi connectivity index (χ0) is 19.0. The lowest BCUT2D eigenvalue weighted by molar-refractivity contribution is -0.138. The topological polar surface area (TPSA) is 34.1 Å². The van der Waals surface area contributed by atoms with Crippen LogP contribution in [0.1, 0.15) is 86.8 Å². The van der Waals surface area contributed by atoms with Crippen LogP contribution in [0.4, 0.5) is 0 Å². The van der Waals surface area contributed by atoms with E-state index in [1.165, 1.54) is 11.1 Å². The smallest absolute Gasteiger partial charge is 0.211 e. The number of carbonyl (C=O) groups is 2. The van der Waals surface area contributed by atoms with Gasteiger partial charge in [-0.1, -0.05) is 77.9 Å². The average molecular weight is 346 g/mol. The van der Waals surface area contributed by atoms with Crippen LogP contribution in [0.3, 0.4) is 0 Å². The van der Waals surface area contributed by atoms with Crippen LogP contribution in [0.5, 0.6) is 0 Å². The van der Waals surface area contributed by atoms with E-state index in [9.17, 15) is 9.59 Å². The van der Waals surface area contributed by atoms with Crippen molar-refractivity contribution in [3.05, 3.63) is 69.8 Å². The van der Waals surface area contributed by atoms with E-state index in [0.717, 1.165) is 22.3 Å². The maximum atomic E-state index is 12.9. The molecule has 0 saturated carbocycles. The summed E-state index contributed by atoms with van der Waals surface area (Å²) >= 11 is 0. The monoisotopic (exact) mass is 346 g/mol. The molecule has 3 aliphatic carbocycles. The Kier molecular flexibility index (Phi) is 3.41. The van der Waals surface area contributed by atoms with Crippen LogP contribution in [0.15, 0.2) is 36.4 Å². The van der Waals surface area contributed by atoms with Crippen LogP contribution in [-0.2, 0) is 20.4 Å². The Morgan fingerprint density at radius 3 is 1.27 bits per heavy atom. The van der Waals surface area contributed by atoms with E-state index in [1.807, 2.05) is 0 Å². The lowest BCUT2D eigenvalue weighted by atomic mass is 9.61. The molecular weight excluding hydrogens is 320 g/mol. The van der Waals surface area contributed by atoms with Crippen molar-refractivity contribution in [3.63, 3.8) is 0 Å². The summed E-state index contributed by atoms with van der Waals surface area (Å²) < 4.78 is 0. The third-order valence-corrected chi connectivity index (χ3v) is 5.92. The summed E-state index contributed by atoms with van der Waals surface area (Å²) in [7, 11) is 0. The van der Waals surface area contributed by atoms with Crippen molar-refractivity contribution in [2.24, 2.45) is 0 Å². The molecule has 0 heterocycles. The minimum Gasteiger partial charge on any atom is -0.290 e. The SMILES string of the molecule is CC(C)(C)c1ccc2c(c1)C1C(=O)C(=O)C2c2ccc(C(C)(C)C)cc21. The summed E-state index contributed by atoms with van der Waals surface area (Å²) in [4.78, 5) is 25.6. The fourth-order valence-electron chi connectivity index (χ4n) is 4.29. The van der Waals surface area contributed by atoms with Gasteiger partial charge in [0.25, 0.3) is 0 Å². The van der Waals surface area contributed by atoms with Crippen LogP contribution in [0.2, 0.25) is 0 Å². The van der Waals surface area contributed by atoms with Crippen molar-refractivity contribution in [2.45, 2.75) is 64.2 Å². The summed E-state index contributed by atoms with van der Waals surface area (Å²) in [5.74, 6) is -1.36. The molecular formula is C24H26O2. The van der Waals surface area contributed by atoms with Crippen LogP contribution in [0.25, 0.3) is 0 Å². The molecule has 0 saturated heterocycles. The lowest BCUT2D eigenvalue weighted by Gasteiger charge is -2.39. The fraction of sp³-hybridized carbons (Fsp3) is 0.417. The molecule has 0 amide bonds. The molecule has 2 aromatic rings. The van der Waals surface area contributed by atoms with Gasteiger partial charge >= 0.3 is 0 Å². The lowest BCUT2D eigenvalue weighted by Crippen LogP contribution is -2.41. The van der Waals surface area contributed by atoms with Gasteiger partial charge in [-0.05, 0) is 44.2 Å². The zero-order valence-electron chi connectivity index (χ0n) is 16.4. The molecule has 5 rings (SSSR count). The molecule has 0 N–H and O–H groups in total. The second-order valence-corrected chi connectivity index (χ2v) is 9.78. The Morgan fingerprint density at radius 2 is 0.923 bits per heavy atom. The van der Waals surface area contributed by atoms with Gasteiger partial charge in [-0.25, -0.2) is 0 Å². The third-order valence-electron chi connectivity index (χ3n) is 5.92. The van der Waals surface area contributed by atoms with Crippen molar-refractivity contribution < 1.29 is 9.59 Å². The molecule has 0 unspecified atom stereocenters. The molecule has 0 atom stereocenters. The molecule has 0 fully saturated rings. The Balaban J connectivity index is 1.97. The first-order valence-electron chi connectivity index (χ1n) is 9.37. The number of fused-ring (bicyclic) bond motifs is 1.